The zero-order valence-corrected chi connectivity index (χ0v) is 10.1. The number of hydrogen-bond donors (Lipinski definition) is 1. The van der Waals surface area contributed by atoms with Gasteiger partial charge in [0.1, 0.15) is 0 Å². The summed E-state index contributed by atoms with van der Waals surface area (Å²) in [6.45, 7) is 0.0922. The zero-order valence-electron chi connectivity index (χ0n) is 7.68. The van der Waals surface area contributed by atoms with Crippen molar-refractivity contribution in [3.63, 3.8) is 0 Å². The lowest BCUT2D eigenvalue weighted by atomic mass is 10.2. The summed E-state index contributed by atoms with van der Waals surface area (Å²) in [5.41, 5.74) is 0. The number of hydrogen-bond acceptors (Lipinski definition) is 2. The summed E-state index contributed by atoms with van der Waals surface area (Å²) in [4.78, 5) is 0. The maximum atomic E-state index is 11.8. The second-order valence-electron chi connectivity index (χ2n) is 2.80. The lowest BCUT2D eigenvalue weighted by molar-refractivity contribution is 0.232. The molecule has 0 aliphatic heterocycles. The topological polar surface area (TPSA) is 46.2 Å². The molecule has 0 aromatic heterocycles. The van der Waals surface area contributed by atoms with Crippen molar-refractivity contribution in [1.82, 2.24) is 4.72 Å². The van der Waals surface area contributed by atoms with Gasteiger partial charge in [0.2, 0.25) is 0 Å². The van der Waals surface area contributed by atoms with Gasteiger partial charge in [0, 0.05) is 11.9 Å². The van der Waals surface area contributed by atoms with Crippen molar-refractivity contribution in [1.29, 1.82) is 0 Å². The third-order valence-corrected chi connectivity index (χ3v) is 3.23. The SMILES string of the molecule is O=S(=O)(NCCCCCCBr)C(F)F. The van der Waals surface area contributed by atoms with Crippen LogP contribution in [0.3, 0.4) is 0 Å². The van der Waals surface area contributed by atoms with Gasteiger partial charge in [-0.1, -0.05) is 28.8 Å². The van der Waals surface area contributed by atoms with Crippen molar-refractivity contribution in [2.45, 2.75) is 31.4 Å². The van der Waals surface area contributed by atoms with Gasteiger partial charge in [-0.25, -0.2) is 13.1 Å². The monoisotopic (exact) mass is 293 g/mol. The molecule has 0 unspecified atom stereocenters. The van der Waals surface area contributed by atoms with Crippen LogP contribution in [0, 0.1) is 0 Å². The molecule has 0 bridgehead atoms. The van der Waals surface area contributed by atoms with Crippen molar-refractivity contribution in [3.8, 4) is 0 Å². The minimum Gasteiger partial charge on any atom is -0.210 e. The number of unbranched alkanes of at least 4 members (excludes halogenated alkanes) is 3. The normalized spacial score (nSPS) is 12.3. The van der Waals surface area contributed by atoms with Gasteiger partial charge >= 0.3 is 5.76 Å². The molecule has 0 atom stereocenters. The average molecular weight is 294 g/mol. The van der Waals surface area contributed by atoms with Gasteiger partial charge in [-0.3, -0.25) is 0 Å². The summed E-state index contributed by atoms with van der Waals surface area (Å²) < 4.78 is 46.5. The first kappa shape index (κ1) is 14.2. The van der Waals surface area contributed by atoms with Crippen LogP contribution < -0.4 is 4.72 Å². The van der Waals surface area contributed by atoms with E-state index in [4.69, 9.17) is 0 Å². The molecule has 7 heteroatoms. The van der Waals surface area contributed by atoms with E-state index in [1.807, 2.05) is 4.72 Å². The summed E-state index contributed by atoms with van der Waals surface area (Å²) in [6.07, 6.45) is 3.43. The van der Waals surface area contributed by atoms with E-state index in [1.165, 1.54) is 0 Å². The van der Waals surface area contributed by atoms with E-state index in [2.05, 4.69) is 15.9 Å². The summed E-state index contributed by atoms with van der Waals surface area (Å²) in [6, 6.07) is 0. The van der Waals surface area contributed by atoms with Gasteiger partial charge in [0.15, 0.2) is 0 Å². The van der Waals surface area contributed by atoms with Crippen molar-refractivity contribution < 1.29 is 17.2 Å². The average Bonchev–Trinajstić information content (AvgIpc) is 2.10. The maximum absolute atomic E-state index is 11.8. The Morgan fingerprint density at radius 1 is 1.14 bits per heavy atom. The molecular formula is C7H14BrF2NO2S. The maximum Gasteiger partial charge on any atom is 0.350 e. The van der Waals surface area contributed by atoms with E-state index < -0.39 is 15.8 Å². The van der Waals surface area contributed by atoms with Crippen LogP contribution in [-0.4, -0.2) is 26.1 Å². The minimum atomic E-state index is -4.38. The standard InChI is InChI=1S/C7H14BrF2NO2S/c8-5-3-1-2-4-6-11-14(12,13)7(9)10/h7,11H,1-6H2. The van der Waals surface area contributed by atoms with Gasteiger partial charge < -0.3 is 0 Å². The molecule has 0 saturated carbocycles. The molecular weight excluding hydrogens is 280 g/mol. The molecule has 14 heavy (non-hydrogen) atoms. The Bertz CT molecular complexity index is 234. The minimum absolute atomic E-state index is 0.0922. The first-order chi connectivity index (χ1) is 6.50. The number of rotatable bonds is 8. The molecule has 0 amide bonds. The smallest absolute Gasteiger partial charge is 0.210 e. The Morgan fingerprint density at radius 3 is 2.21 bits per heavy atom. The van der Waals surface area contributed by atoms with E-state index in [0.29, 0.717) is 6.42 Å². The Kier molecular flexibility index (Phi) is 7.66. The lowest BCUT2D eigenvalue weighted by Crippen LogP contribution is -2.30. The van der Waals surface area contributed by atoms with Crippen LogP contribution in [0.15, 0.2) is 0 Å². The van der Waals surface area contributed by atoms with E-state index in [1.54, 1.807) is 0 Å². The molecule has 0 saturated heterocycles. The number of alkyl halides is 3. The van der Waals surface area contributed by atoms with E-state index in [-0.39, 0.29) is 6.54 Å². The Hall–Kier alpha value is 0.250. The highest BCUT2D eigenvalue weighted by atomic mass is 79.9. The second kappa shape index (κ2) is 7.53. The van der Waals surface area contributed by atoms with Crippen LogP contribution in [0.25, 0.3) is 0 Å². The van der Waals surface area contributed by atoms with Crippen molar-refractivity contribution in [2.75, 3.05) is 11.9 Å². The first-order valence-corrected chi connectivity index (χ1v) is 7.00. The van der Waals surface area contributed by atoms with Crippen molar-refractivity contribution in [2.24, 2.45) is 0 Å². The molecule has 0 aromatic carbocycles. The Morgan fingerprint density at radius 2 is 1.71 bits per heavy atom. The predicted octanol–water partition coefficient (Wildman–Crippen LogP) is 2.08. The van der Waals surface area contributed by atoms with E-state index >= 15 is 0 Å². The largest absolute Gasteiger partial charge is 0.350 e. The highest BCUT2D eigenvalue weighted by Crippen LogP contribution is 2.04. The van der Waals surface area contributed by atoms with E-state index in [9.17, 15) is 17.2 Å². The first-order valence-electron chi connectivity index (χ1n) is 4.33. The number of nitrogens with one attached hydrogen (secondary N) is 1. The third-order valence-electron chi connectivity index (χ3n) is 1.60. The van der Waals surface area contributed by atoms with Gasteiger partial charge in [0.05, 0.1) is 0 Å². The van der Waals surface area contributed by atoms with E-state index in [0.717, 1.165) is 24.6 Å². The molecule has 0 fully saturated rings. The van der Waals surface area contributed by atoms with Crippen LogP contribution in [-0.2, 0) is 10.0 Å². The molecule has 0 rings (SSSR count). The highest BCUT2D eigenvalue weighted by Gasteiger charge is 2.22. The summed E-state index contributed by atoms with van der Waals surface area (Å²) >= 11 is 3.26. The molecule has 0 heterocycles. The second-order valence-corrected chi connectivity index (χ2v) is 5.33. The van der Waals surface area contributed by atoms with Crippen molar-refractivity contribution >= 4 is 26.0 Å². The quantitative estimate of drug-likeness (QED) is 0.550. The molecule has 86 valence electrons. The lowest BCUT2D eigenvalue weighted by Gasteiger charge is -2.04. The van der Waals surface area contributed by atoms with Crippen LogP contribution in [0.2, 0.25) is 0 Å². The van der Waals surface area contributed by atoms with Crippen LogP contribution in [0.4, 0.5) is 8.78 Å². The molecule has 0 radical (unpaired) electrons. The van der Waals surface area contributed by atoms with Crippen LogP contribution >= 0.6 is 15.9 Å². The summed E-state index contributed by atoms with van der Waals surface area (Å²) in [5.74, 6) is -3.33. The fraction of sp³-hybridized carbons (Fsp3) is 1.00. The molecule has 1 N–H and O–H groups in total. The summed E-state index contributed by atoms with van der Waals surface area (Å²) in [5, 5.41) is 0.912. The van der Waals surface area contributed by atoms with Gasteiger partial charge in [-0.15, -0.1) is 0 Å². The van der Waals surface area contributed by atoms with Gasteiger partial charge in [0.25, 0.3) is 10.0 Å². The number of sulfonamides is 1. The predicted molar refractivity (Wildman–Crippen MR) is 55.2 cm³/mol. The van der Waals surface area contributed by atoms with Gasteiger partial charge in [-0.05, 0) is 12.8 Å². The molecule has 0 aliphatic carbocycles. The molecule has 0 spiro atoms. The Balaban J connectivity index is 3.46. The molecule has 3 nitrogen and oxygen atoms in total. The third kappa shape index (κ3) is 6.67. The molecule has 0 aliphatic rings. The molecule has 0 aromatic rings. The Labute approximate surface area is 91.4 Å². The van der Waals surface area contributed by atoms with Crippen LogP contribution in [0.1, 0.15) is 25.7 Å². The highest BCUT2D eigenvalue weighted by molar-refractivity contribution is 9.09. The fourth-order valence-corrected chi connectivity index (χ4v) is 1.80. The summed E-state index contributed by atoms with van der Waals surface area (Å²) in [7, 11) is -4.38. The van der Waals surface area contributed by atoms with Crippen LogP contribution in [0.5, 0.6) is 0 Å². The van der Waals surface area contributed by atoms with Crippen molar-refractivity contribution in [3.05, 3.63) is 0 Å². The van der Waals surface area contributed by atoms with Gasteiger partial charge in [-0.2, -0.15) is 8.78 Å². The number of halogens is 3. The zero-order chi connectivity index (χ0) is 11.0. The fourth-order valence-electron chi connectivity index (χ4n) is 0.850.